The van der Waals surface area contributed by atoms with E-state index in [9.17, 15) is 9.18 Å². The maximum Gasteiger partial charge on any atom is 0.162 e. The molecule has 2 heterocycles. The lowest BCUT2D eigenvalue weighted by atomic mass is 9.74. The van der Waals surface area contributed by atoms with Crippen LogP contribution in [0.3, 0.4) is 0 Å². The highest BCUT2D eigenvalue weighted by Crippen LogP contribution is 2.38. The van der Waals surface area contributed by atoms with Crippen molar-refractivity contribution in [2.24, 2.45) is 11.8 Å². The minimum Gasteiger partial charge on any atom is -0.358 e. The summed E-state index contributed by atoms with van der Waals surface area (Å²) in [4.78, 5) is 18.5. The zero-order valence-corrected chi connectivity index (χ0v) is 16.7. The number of nitrogens with zero attached hydrogens (tertiary/aromatic N) is 1. The summed E-state index contributed by atoms with van der Waals surface area (Å²) in [6.45, 7) is 3.23. The predicted molar refractivity (Wildman–Crippen MR) is 114 cm³/mol. The number of carbonyl (C=O) groups is 1. The molecule has 1 N–H and O–H groups in total. The summed E-state index contributed by atoms with van der Waals surface area (Å²) in [5.74, 6) is 1.30. The summed E-state index contributed by atoms with van der Waals surface area (Å²) in [6, 6.07) is 14.6. The first kappa shape index (κ1) is 18.6. The highest BCUT2D eigenvalue weighted by atomic mass is 19.1. The van der Waals surface area contributed by atoms with Gasteiger partial charge in [-0.3, -0.25) is 4.79 Å². The number of carbonyl (C=O) groups excluding carboxylic acids is 1. The Labute approximate surface area is 170 Å². The van der Waals surface area contributed by atoms with Crippen molar-refractivity contribution in [3.63, 3.8) is 0 Å². The van der Waals surface area contributed by atoms with Gasteiger partial charge in [0.1, 0.15) is 5.82 Å². The quantitative estimate of drug-likeness (QED) is 0.622. The van der Waals surface area contributed by atoms with Gasteiger partial charge in [0.05, 0.1) is 0 Å². The summed E-state index contributed by atoms with van der Waals surface area (Å²) in [5, 5.41) is 1.39. The van der Waals surface area contributed by atoms with Gasteiger partial charge in [0.25, 0.3) is 0 Å². The largest absolute Gasteiger partial charge is 0.358 e. The summed E-state index contributed by atoms with van der Waals surface area (Å²) in [6.07, 6.45) is 4.97. The molecule has 0 amide bonds. The molecule has 1 aromatic heterocycles. The molecule has 3 nitrogen and oxygen atoms in total. The first-order valence-corrected chi connectivity index (χ1v) is 10.8. The van der Waals surface area contributed by atoms with E-state index in [0.29, 0.717) is 17.9 Å². The van der Waals surface area contributed by atoms with Gasteiger partial charge in [0.15, 0.2) is 5.78 Å². The Morgan fingerprint density at radius 1 is 1.07 bits per heavy atom. The Kier molecular flexibility index (Phi) is 4.96. The van der Waals surface area contributed by atoms with Crippen LogP contribution in [0.15, 0.2) is 48.5 Å². The molecule has 0 radical (unpaired) electrons. The van der Waals surface area contributed by atoms with Crippen molar-refractivity contribution in [1.82, 2.24) is 9.88 Å². The van der Waals surface area contributed by atoms with Crippen molar-refractivity contribution >= 4 is 16.7 Å². The molecule has 2 aromatic carbocycles. The van der Waals surface area contributed by atoms with Gasteiger partial charge in [0, 0.05) is 35.1 Å². The van der Waals surface area contributed by atoms with Crippen LogP contribution in [0.1, 0.15) is 40.9 Å². The zero-order valence-electron chi connectivity index (χ0n) is 16.7. The number of para-hydroxylation sites is 1. The van der Waals surface area contributed by atoms with E-state index >= 15 is 0 Å². The molecule has 29 heavy (non-hydrogen) atoms. The van der Waals surface area contributed by atoms with Crippen molar-refractivity contribution < 1.29 is 9.18 Å². The third-order valence-corrected chi connectivity index (χ3v) is 6.85. The molecule has 0 saturated carbocycles. The van der Waals surface area contributed by atoms with Gasteiger partial charge in [-0.25, -0.2) is 4.39 Å². The van der Waals surface area contributed by atoms with Crippen LogP contribution < -0.4 is 0 Å². The Bertz CT molecular complexity index is 1020. The minimum absolute atomic E-state index is 0.112. The van der Waals surface area contributed by atoms with Crippen LogP contribution in [0.5, 0.6) is 0 Å². The number of Topliss-reactive ketones (excluding diaryl/α,β-unsaturated/α-hetero) is 1. The molecule has 1 fully saturated rings. The number of aromatic nitrogens is 1. The number of hydrogen-bond acceptors (Lipinski definition) is 2. The van der Waals surface area contributed by atoms with Crippen LogP contribution in [-0.4, -0.2) is 35.3 Å². The molecule has 0 unspecified atom stereocenters. The molecule has 1 aliphatic heterocycles. The number of H-pyrrole nitrogens is 1. The second kappa shape index (κ2) is 7.75. The van der Waals surface area contributed by atoms with E-state index in [1.807, 2.05) is 0 Å². The number of likely N-dealkylation sites (tertiary alicyclic amines) is 1. The lowest BCUT2D eigenvalue weighted by Crippen LogP contribution is -2.44. The second-order valence-electron chi connectivity index (χ2n) is 8.68. The van der Waals surface area contributed by atoms with E-state index < -0.39 is 0 Å². The fourth-order valence-electron chi connectivity index (χ4n) is 5.29. The van der Waals surface area contributed by atoms with Crippen molar-refractivity contribution in [2.45, 2.75) is 32.1 Å². The molecular formula is C25H27FN2O. The smallest absolute Gasteiger partial charge is 0.162 e. The van der Waals surface area contributed by atoms with Crippen LogP contribution in [-0.2, 0) is 12.8 Å². The highest BCUT2D eigenvalue weighted by Gasteiger charge is 2.34. The average molecular weight is 391 g/mol. The average Bonchev–Trinajstić information content (AvgIpc) is 3.10. The maximum absolute atomic E-state index is 13.0. The summed E-state index contributed by atoms with van der Waals surface area (Å²) in [5.41, 5.74) is 4.86. The third-order valence-electron chi connectivity index (χ3n) is 6.85. The van der Waals surface area contributed by atoms with Crippen LogP contribution in [0, 0.1) is 17.7 Å². The van der Waals surface area contributed by atoms with Gasteiger partial charge in [-0.1, -0.05) is 18.2 Å². The van der Waals surface area contributed by atoms with Gasteiger partial charge in [0.2, 0.25) is 0 Å². The molecule has 5 rings (SSSR count). The zero-order chi connectivity index (χ0) is 19.8. The van der Waals surface area contributed by atoms with Crippen LogP contribution >= 0.6 is 0 Å². The molecule has 2 atom stereocenters. The first-order valence-electron chi connectivity index (χ1n) is 10.8. The van der Waals surface area contributed by atoms with E-state index in [0.717, 1.165) is 38.4 Å². The van der Waals surface area contributed by atoms with Gasteiger partial charge in [-0.2, -0.15) is 0 Å². The van der Waals surface area contributed by atoms with E-state index in [1.165, 1.54) is 47.1 Å². The first-order chi connectivity index (χ1) is 14.2. The predicted octanol–water partition coefficient (Wildman–Crippen LogP) is 5.01. The standard InChI is InChI=1S/C25H27FN2O/c26-20-9-7-17(8-10-20)25(29)6-3-12-28-13-11-18-15-24-22(14-19(18)16-28)21-4-1-2-5-23(21)27-24/h1-2,4-5,7-10,18-19,27H,3,6,11-16H2/t18-,19-/m1/s1. The maximum atomic E-state index is 13.0. The Morgan fingerprint density at radius 2 is 1.90 bits per heavy atom. The van der Waals surface area contributed by atoms with Crippen molar-refractivity contribution in [2.75, 3.05) is 19.6 Å². The topological polar surface area (TPSA) is 36.1 Å². The van der Waals surface area contributed by atoms with Gasteiger partial charge >= 0.3 is 0 Å². The lowest BCUT2D eigenvalue weighted by Gasteiger charge is -2.41. The Hall–Kier alpha value is -2.46. The SMILES string of the molecule is O=C(CCCN1CC[C@@H]2Cc3[nH]c4ccccc4c3C[C@@H]2C1)c1ccc(F)cc1. The van der Waals surface area contributed by atoms with Gasteiger partial charge in [-0.05, 0) is 86.5 Å². The molecule has 150 valence electrons. The molecule has 1 aliphatic carbocycles. The molecule has 0 spiro atoms. The number of hydrogen-bond donors (Lipinski definition) is 1. The number of aromatic amines is 1. The summed E-state index contributed by atoms with van der Waals surface area (Å²) < 4.78 is 13.0. The number of ketones is 1. The van der Waals surface area contributed by atoms with Crippen molar-refractivity contribution in [3.05, 3.63) is 71.2 Å². The fraction of sp³-hybridized carbons (Fsp3) is 0.400. The number of piperidine rings is 1. The number of nitrogens with one attached hydrogen (secondary N) is 1. The normalized spacial score (nSPS) is 21.7. The number of benzene rings is 2. The van der Waals surface area contributed by atoms with Crippen LogP contribution in [0.2, 0.25) is 0 Å². The monoisotopic (exact) mass is 390 g/mol. The molecule has 3 aromatic rings. The molecule has 4 heteroatoms. The molecule has 1 saturated heterocycles. The van der Waals surface area contributed by atoms with Crippen molar-refractivity contribution in [3.8, 4) is 0 Å². The van der Waals surface area contributed by atoms with E-state index in [-0.39, 0.29) is 11.6 Å². The van der Waals surface area contributed by atoms with Crippen molar-refractivity contribution in [1.29, 1.82) is 0 Å². The second-order valence-corrected chi connectivity index (χ2v) is 8.68. The summed E-state index contributed by atoms with van der Waals surface area (Å²) in [7, 11) is 0. The molecule has 2 aliphatic rings. The van der Waals surface area contributed by atoms with Gasteiger partial charge in [-0.15, -0.1) is 0 Å². The van der Waals surface area contributed by atoms with Crippen LogP contribution in [0.4, 0.5) is 4.39 Å². The van der Waals surface area contributed by atoms with E-state index in [1.54, 1.807) is 12.1 Å². The van der Waals surface area contributed by atoms with Crippen LogP contribution in [0.25, 0.3) is 10.9 Å². The number of fused-ring (bicyclic) bond motifs is 4. The number of rotatable bonds is 5. The minimum atomic E-state index is -0.296. The number of halogens is 1. The lowest BCUT2D eigenvalue weighted by molar-refractivity contribution is 0.0940. The van der Waals surface area contributed by atoms with Gasteiger partial charge < -0.3 is 9.88 Å². The fourth-order valence-corrected chi connectivity index (χ4v) is 5.29. The Balaban J connectivity index is 1.18. The Morgan fingerprint density at radius 3 is 2.76 bits per heavy atom. The van der Waals surface area contributed by atoms with E-state index in [2.05, 4.69) is 34.1 Å². The molecular weight excluding hydrogens is 363 g/mol. The third kappa shape index (κ3) is 3.74. The van der Waals surface area contributed by atoms with E-state index in [4.69, 9.17) is 0 Å². The highest BCUT2D eigenvalue weighted by molar-refractivity contribution is 5.95. The summed E-state index contributed by atoms with van der Waals surface area (Å²) >= 11 is 0. The molecule has 0 bridgehead atoms.